The van der Waals surface area contributed by atoms with E-state index in [0.717, 1.165) is 18.7 Å². The van der Waals surface area contributed by atoms with Crippen molar-refractivity contribution < 1.29 is 9.90 Å². The minimum absolute atomic E-state index is 0.00141. The Morgan fingerprint density at radius 3 is 2.82 bits per heavy atom. The second kappa shape index (κ2) is 4.89. The van der Waals surface area contributed by atoms with E-state index < -0.39 is 5.54 Å². The van der Waals surface area contributed by atoms with E-state index in [0.29, 0.717) is 12.8 Å². The molecule has 0 spiro atoms. The third-order valence-electron chi connectivity index (χ3n) is 3.52. The average Bonchev–Trinajstić information content (AvgIpc) is 2.83. The Hall–Kier alpha value is -1.33. The molecule has 0 atom stereocenters. The van der Waals surface area contributed by atoms with Crippen LogP contribution in [0.3, 0.4) is 0 Å². The van der Waals surface area contributed by atoms with Gasteiger partial charge in [-0.3, -0.25) is 4.79 Å². The van der Waals surface area contributed by atoms with Gasteiger partial charge in [0.25, 0.3) is 0 Å². The summed E-state index contributed by atoms with van der Waals surface area (Å²) in [6.45, 7) is -0.00202. The molecule has 5 nitrogen and oxygen atoms in total. The number of nitrogens with two attached hydrogens (primary N) is 1. The molecule has 1 fully saturated rings. The molecule has 1 amide bonds. The number of aromatic nitrogens is 1. The predicted octanol–water partition coefficient (Wildman–Crippen LogP) is 0.833. The zero-order chi connectivity index (χ0) is 12.3. The molecule has 94 valence electrons. The lowest BCUT2D eigenvalue weighted by Crippen LogP contribution is -2.47. The fraction of sp³-hybridized carbons (Fsp3) is 0.583. The number of aliphatic hydroxyl groups excluding tert-OH is 1. The van der Waals surface area contributed by atoms with Crippen molar-refractivity contribution in [2.75, 3.05) is 11.9 Å². The van der Waals surface area contributed by atoms with Crippen LogP contribution in [0.2, 0.25) is 0 Å². The lowest BCUT2D eigenvalue weighted by Gasteiger charge is -2.34. The van der Waals surface area contributed by atoms with Gasteiger partial charge in [0.2, 0.25) is 5.91 Å². The van der Waals surface area contributed by atoms with Crippen molar-refractivity contribution in [2.24, 2.45) is 11.7 Å². The van der Waals surface area contributed by atoms with Crippen molar-refractivity contribution in [3.05, 3.63) is 18.3 Å². The van der Waals surface area contributed by atoms with Crippen molar-refractivity contribution >= 4 is 11.7 Å². The average molecular weight is 237 g/mol. The first-order valence-electron chi connectivity index (χ1n) is 5.97. The second-order valence-electron chi connectivity index (χ2n) is 4.87. The number of nitrogens with one attached hydrogen (secondary N) is 2. The quantitative estimate of drug-likeness (QED) is 0.627. The van der Waals surface area contributed by atoms with E-state index in [1.807, 2.05) is 12.1 Å². The lowest BCUT2D eigenvalue weighted by atomic mass is 9.77. The molecular formula is C12H19N3O2. The summed E-state index contributed by atoms with van der Waals surface area (Å²) in [6.07, 6.45) is 4.65. The molecule has 1 aromatic heterocycles. The number of hydrogen-bond donors (Lipinski definition) is 4. The van der Waals surface area contributed by atoms with Gasteiger partial charge in [-0.05, 0) is 37.8 Å². The molecule has 0 aromatic carbocycles. The van der Waals surface area contributed by atoms with E-state index in [4.69, 9.17) is 10.8 Å². The van der Waals surface area contributed by atoms with E-state index in [2.05, 4.69) is 10.3 Å². The minimum Gasteiger partial charge on any atom is -0.394 e. The first-order valence-corrected chi connectivity index (χ1v) is 5.97. The van der Waals surface area contributed by atoms with Gasteiger partial charge in [-0.15, -0.1) is 0 Å². The fourth-order valence-corrected chi connectivity index (χ4v) is 2.26. The highest BCUT2D eigenvalue weighted by Crippen LogP contribution is 2.30. The van der Waals surface area contributed by atoms with Crippen molar-refractivity contribution in [1.82, 2.24) is 4.98 Å². The molecule has 0 saturated heterocycles. The zero-order valence-electron chi connectivity index (χ0n) is 9.78. The summed E-state index contributed by atoms with van der Waals surface area (Å²) < 4.78 is 0. The van der Waals surface area contributed by atoms with Crippen LogP contribution in [0, 0.1) is 5.92 Å². The maximum Gasteiger partial charge on any atom is 0.228 e. The predicted molar refractivity (Wildman–Crippen MR) is 65.4 cm³/mol. The summed E-state index contributed by atoms with van der Waals surface area (Å²) in [7, 11) is 0. The summed E-state index contributed by atoms with van der Waals surface area (Å²) in [5.74, 6) is 0.760. The lowest BCUT2D eigenvalue weighted by molar-refractivity contribution is -0.121. The summed E-state index contributed by atoms with van der Waals surface area (Å²) >= 11 is 0. The highest BCUT2D eigenvalue weighted by atomic mass is 16.3. The van der Waals surface area contributed by atoms with Crippen LogP contribution in [0.15, 0.2) is 18.3 Å². The molecule has 1 aliphatic carbocycles. The topological polar surface area (TPSA) is 91.1 Å². The Bertz CT molecular complexity index is 367. The highest BCUT2D eigenvalue weighted by Gasteiger charge is 2.33. The third-order valence-corrected chi connectivity index (χ3v) is 3.52. The molecule has 5 heteroatoms. The minimum atomic E-state index is -0.483. The summed E-state index contributed by atoms with van der Waals surface area (Å²) in [4.78, 5) is 14.9. The van der Waals surface area contributed by atoms with Gasteiger partial charge in [-0.2, -0.15) is 0 Å². The van der Waals surface area contributed by atoms with E-state index in [-0.39, 0.29) is 18.4 Å². The first-order chi connectivity index (χ1) is 8.13. The monoisotopic (exact) mass is 237 g/mol. The number of rotatable bonds is 3. The molecule has 5 N–H and O–H groups in total. The number of carbonyl (C=O) groups excluding carboxylic acids is 1. The summed E-state index contributed by atoms with van der Waals surface area (Å²) in [5, 5.41) is 12.0. The molecule has 1 saturated carbocycles. The Kier molecular flexibility index (Phi) is 3.49. The number of aromatic amines is 1. The zero-order valence-corrected chi connectivity index (χ0v) is 9.78. The van der Waals surface area contributed by atoms with Gasteiger partial charge in [0.05, 0.1) is 6.61 Å². The SMILES string of the molecule is NC1(CO)CCC(C(=O)Nc2ccc[nH]2)CC1. The summed E-state index contributed by atoms with van der Waals surface area (Å²) in [6, 6.07) is 3.66. The molecular weight excluding hydrogens is 218 g/mol. The molecule has 17 heavy (non-hydrogen) atoms. The maximum absolute atomic E-state index is 11.9. The number of aliphatic hydroxyl groups is 1. The highest BCUT2D eigenvalue weighted by molar-refractivity contribution is 5.91. The van der Waals surface area contributed by atoms with Gasteiger partial charge >= 0.3 is 0 Å². The van der Waals surface area contributed by atoms with Crippen LogP contribution in [-0.4, -0.2) is 28.1 Å². The molecule has 0 radical (unpaired) electrons. The number of carbonyl (C=O) groups is 1. The molecule has 0 aliphatic heterocycles. The first kappa shape index (κ1) is 12.1. The Morgan fingerprint density at radius 1 is 1.59 bits per heavy atom. The molecule has 1 aliphatic rings. The smallest absolute Gasteiger partial charge is 0.228 e. The van der Waals surface area contributed by atoms with E-state index in [9.17, 15) is 4.79 Å². The third kappa shape index (κ3) is 2.87. The fourth-order valence-electron chi connectivity index (χ4n) is 2.26. The van der Waals surface area contributed by atoms with Crippen LogP contribution >= 0.6 is 0 Å². The number of H-pyrrole nitrogens is 1. The van der Waals surface area contributed by atoms with Gasteiger partial charge in [0, 0.05) is 17.7 Å². The van der Waals surface area contributed by atoms with Crippen LogP contribution in [-0.2, 0) is 4.79 Å². The Balaban J connectivity index is 1.86. The number of anilines is 1. The van der Waals surface area contributed by atoms with Crippen LogP contribution in [0.1, 0.15) is 25.7 Å². The van der Waals surface area contributed by atoms with E-state index in [1.165, 1.54) is 0 Å². The molecule has 1 heterocycles. The normalized spacial score (nSPS) is 28.9. The summed E-state index contributed by atoms with van der Waals surface area (Å²) in [5.41, 5.74) is 5.49. The van der Waals surface area contributed by atoms with Crippen LogP contribution in [0.5, 0.6) is 0 Å². The van der Waals surface area contributed by atoms with Gasteiger partial charge in [-0.25, -0.2) is 0 Å². The van der Waals surface area contributed by atoms with Gasteiger partial charge in [0.15, 0.2) is 0 Å². The molecule has 2 rings (SSSR count). The van der Waals surface area contributed by atoms with Crippen molar-refractivity contribution in [1.29, 1.82) is 0 Å². The number of amides is 1. The van der Waals surface area contributed by atoms with Crippen LogP contribution in [0.4, 0.5) is 5.82 Å². The van der Waals surface area contributed by atoms with Gasteiger partial charge in [0.1, 0.15) is 5.82 Å². The van der Waals surface area contributed by atoms with Crippen molar-refractivity contribution in [3.63, 3.8) is 0 Å². The molecule has 0 bridgehead atoms. The standard InChI is InChI=1S/C12H19N3O2/c13-12(8-16)5-3-9(4-6-12)11(17)15-10-2-1-7-14-10/h1-2,7,9,14,16H,3-6,8,13H2,(H,15,17). The Labute approximate surface area is 100 Å². The van der Waals surface area contributed by atoms with Crippen LogP contribution < -0.4 is 11.1 Å². The molecule has 0 unspecified atom stereocenters. The largest absolute Gasteiger partial charge is 0.394 e. The molecule has 1 aromatic rings. The Morgan fingerprint density at radius 2 is 2.29 bits per heavy atom. The van der Waals surface area contributed by atoms with Gasteiger partial charge in [-0.1, -0.05) is 0 Å². The van der Waals surface area contributed by atoms with Crippen molar-refractivity contribution in [2.45, 2.75) is 31.2 Å². The van der Waals surface area contributed by atoms with E-state index in [1.54, 1.807) is 6.20 Å². The van der Waals surface area contributed by atoms with Crippen LogP contribution in [0.25, 0.3) is 0 Å². The second-order valence-corrected chi connectivity index (χ2v) is 4.87. The maximum atomic E-state index is 11.9. The van der Waals surface area contributed by atoms with E-state index >= 15 is 0 Å². The van der Waals surface area contributed by atoms with Crippen molar-refractivity contribution in [3.8, 4) is 0 Å². The van der Waals surface area contributed by atoms with Gasteiger partial charge < -0.3 is 21.1 Å². The number of hydrogen-bond acceptors (Lipinski definition) is 3.